The highest BCUT2D eigenvalue weighted by Crippen LogP contribution is 2.13. The SMILES string of the molecule is CC(C)NC(C)(C#N)CCN1CCN(S(C)(=O)=O)CC1. The first-order valence-electron chi connectivity index (χ1n) is 7.03. The fraction of sp³-hybridized carbons (Fsp3) is 0.923. The molecule has 0 aromatic rings. The lowest BCUT2D eigenvalue weighted by Gasteiger charge is -2.35. The lowest BCUT2D eigenvalue weighted by Crippen LogP contribution is -2.51. The van der Waals surface area contributed by atoms with Gasteiger partial charge >= 0.3 is 0 Å². The fourth-order valence-corrected chi connectivity index (χ4v) is 3.29. The summed E-state index contributed by atoms with van der Waals surface area (Å²) in [6.45, 7) is 9.33. The van der Waals surface area contributed by atoms with Crippen molar-refractivity contribution in [2.24, 2.45) is 0 Å². The topological polar surface area (TPSA) is 76.4 Å². The highest BCUT2D eigenvalue weighted by molar-refractivity contribution is 7.88. The van der Waals surface area contributed by atoms with E-state index in [4.69, 9.17) is 0 Å². The minimum Gasteiger partial charge on any atom is -0.301 e. The Labute approximate surface area is 122 Å². The number of nitrogens with zero attached hydrogens (tertiary/aromatic N) is 3. The summed E-state index contributed by atoms with van der Waals surface area (Å²) < 4.78 is 24.4. The van der Waals surface area contributed by atoms with Crippen LogP contribution in [0.15, 0.2) is 0 Å². The van der Waals surface area contributed by atoms with E-state index in [0.29, 0.717) is 13.1 Å². The summed E-state index contributed by atoms with van der Waals surface area (Å²) in [6, 6.07) is 2.60. The van der Waals surface area contributed by atoms with Crippen LogP contribution in [-0.4, -0.2) is 68.2 Å². The van der Waals surface area contributed by atoms with Crippen LogP contribution in [0, 0.1) is 11.3 Å². The molecule has 1 saturated heterocycles. The molecular weight excluding hydrogens is 276 g/mol. The molecule has 0 aliphatic carbocycles. The first-order valence-corrected chi connectivity index (χ1v) is 8.87. The average Bonchev–Trinajstić information content (AvgIpc) is 2.35. The van der Waals surface area contributed by atoms with Gasteiger partial charge in [-0.1, -0.05) is 0 Å². The van der Waals surface area contributed by atoms with Crippen molar-refractivity contribution in [2.45, 2.75) is 38.8 Å². The second kappa shape index (κ2) is 6.85. The van der Waals surface area contributed by atoms with Crippen LogP contribution in [0.25, 0.3) is 0 Å². The average molecular weight is 302 g/mol. The zero-order valence-electron chi connectivity index (χ0n) is 12.9. The van der Waals surface area contributed by atoms with Crippen molar-refractivity contribution < 1.29 is 8.42 Å². The largest absolute Gasteiger partial charge is 0.301 e. The first-order chi connectivity index (χ1) is 9.16. The minimum atomic E-state index is -3.07. The molecule has 116 valence electrons. The van der Waals surface area contributed by atoms with Crippen LogP contribution in [0.2, 0.25) is 0 Å². The molecule has 1 unspecified atom stereocenters. The Kier molecular flexibility index (Phi) is 5.95. The van der Waals surface area contributed by atoms with Gasteiger partial charge in [0, 0.05) is 38.8 Å². The summed E-state index contributed by atoms with van der Waals surface area (Å²) in [6.07, 6.45) is 1.99. The third-order valence-corrected chi connectivity index (χ3v) is 4.89. The summed E-state index contributed by atoms with van der Waals surface area (Å²) in [5.41, 5.74) is -0.526. The van der Waals surface area contributed by atoms with Crippen molar-refractivity contribution in [1.29, 1.82) is 5.26 Å². The summed E-state index contributed by atoms with van der Waals surface area (Å²) in [4.78, 5) is 2.22. The number of hydrogen-bond donors (Lipinski definition) is 1. The van der Waals surface area contributed by atoms with Crippen molar-refractivity contribution in [2.75, 3.05) is 39.0 Å². The number of rotatable bonds is 6. The lowest BCUT2D eigenvalue weighted by atomic mass is 9.98. The van der Waals surface area contributed by atoms with E-state index in [1.54, 1.807) is 0 Å². The van der Waals surface area contributed by atoms with Crippen LogP contribution in [0.5, 0.6) is 0 Å². The Balaban J connectivity index is 2.43. The molecule has 1 N–H and O–H groups in total. The molecule has 1 rings (SSSR count). The molecule has 0 aromatic carbocycles. The fourth-order valence-electron chi connectivity index (χ4n) is 2.46. The van der Waals surface area contributed by atoms with Gasteiger partial charge < -0.3 is 4.90 Å². The van der Waals surface area contributed by atoms with Crippen molar-refractivity contribution in [3.63, 3.8) is 0 Å². The van der Waals surface area contributed by atoms with Gasteiger partial charge in [-0.3, -0.25) is 5.32 Å². The highest BCUT2D eigenvalue weighted by Gasteiger charge is 2.27. The summed E-state index contributed by atoms with van der Waals surface area (Å²) >= 11 is 0. The molecule has 20 heavy (non-hydrogen) atoms. The van der Waals surface area contributed by atoms with Gasteiger partial charge in [0.25, 0.3) is 0 Å². The van der Waals surface area contributed by atoms with E-state index in [-0.39, 0.29) is 6.04 Å². The Morgan fingerprint density at radius 3 is 2.25 bits per heavy atom. The smallest absolute Gasteiger partial charge is 0.211 e. The van der Waals surface area contributed by atoms with Crippen LogP contribution < -0.4 is 5.32 Å². The maximum Gasteiger partial charge on any atom is 0.211 e. The van der Waals surface area contributed by atoms with Gasteiger partial charge in [0.2, 0.25) is 10.0 Å². The number of nitrogens with one attached hydrogen (secondary N) is 1. The molecule has 1 fully saturated rings. The Hall–Kier alpha value is -0.680. The molecule has 1 aliphatic heterocycles. The van der Waals surface area contributed by atoms with Gasteiger partial charge in [0.15, 0.2) is 0 Å². The second-order valence-electron chi connectivity index (χ2n) is 6.00. The van der Waals surface area contributed by atoms with Crippen LogP contribution >= 0.6 is 0 Å². The van der Waals surface area contributed by atoms with Crippen LogP contribution in [0.1, 0.15) is 27.2 Å². The molecule has 0 saturated carbocycles. The number of piperazine rings is 1. The van der Waals surface area contributed by atoms with E-state index in [0.717, 1.165) is 26.1 Å². The van der Waals surface area contributed by atoms with Gasteiger partial charge in [-0.15, -0.1) is 0 Å². The molecule has 0 spiro atoms. The third kappa shape index (κ3) is 5.37. The number of hydrogen-bond acceptors (Lipinski definition) is 5. The molecule has 1 atom stereocenters. The molecule has 1 heterocycles. The summed E-state index contributed by atoms with van der Waals surface area (Å²) in [7, 11) is -3.07. The first kappa shape index (κ1) is 17.4. The zero-order valence-corrected chi connectivity index (χ0v) is 13.7. The molecular formula is C13H26N4O2S. The van der Waals surface area contributed by atoms with E-state index >= 15 is 0 Å². The van der Waals surface area contributed by atoms with E-state index in [1.165, 1.54) is 10.6 Å². The summed E-state index contributed by atoms with van der Waals surface area (Å²) in [5, 5.41) is 12.6. The van der Waals surface area contributed by atoms with Crippen molar-refractivity contribution in [3.8, 4) is 6.07 Å². The maximum atomic E-state index is 11.4. The van der Waals surface area contributed by atoms with Gasteiger partial charge in [-0.25, -0.2) is 8.42 Å². The molecule has 6 nitrogen and oxygen atoms in total. The molecule has 0 aromatic heterocycles. The van der Waals surface area contributed by atoms with E-state index in [2.05, 4.69) is 16.3 Å². The van der Waals surface area contributed by atoms with E-state index < -0.39 is 15.6 Å². The van der Waals surface area contributed by atoms with Crippen molar-refractivity contribution in [3.05, 3.63) is 0 Å². The van der Waals surface area contributed by atoms with Crippen molar-refractivity contribution >= 4 is 10.0 Å². The maximum absolute atomic E-state index is 11.4. The minimum absolute atomic E-state index is 0.265. The second-order valence-corrected chi connectivity index (χ2v) is 7.98. The number of sulfonamides is 1. The van der Waals surface area contributed by atoms with Crippen LogP contribution in [0.3, 0.4) is 0 Å². The molecule has 7 heteroatoms. The van der Waals surface area contributed by atoms with Crippen LogP contribution in [-0.2, 0) is 10.0 Å². The normalized spacial score (nSPS) is 21.6. The quantitative estimate of drug-likeness (QED) is 0.760. The Morgan fingerprint density at radius 2 is 1.85 bits per heavy atom. The summed E-state index contributed by atoms with van der Waals surface area (Å²) in [5.74, 6) is 0. The Morgan fingerprint density at radius 1 is 1.30 bits per heavy atom. The standard InChI is InChI=1S/C13H26N4O2S/c1-12(2)15-13(3,11-14)5-6-16-7-9-17(10-8-16)20(4,18)19/h12,15H,5-10H2,1-4H3. The Bertz CT molecular complexity index is 449. The van der Waals surface area contributed by atoms with Gasteiger partial charge in [0.1, 0.15) is 5.54 Å². The highest BCUT2D eigenvalue weighted by atomic mass is 32.2. The van der Waals surface area contributed by atoms with Gasteiger partial charge in [-0.2, -0.15) is 9.57 Å². The van der Waals surface area contributed by atoms with E-state index in [1.807, 2.05) is 20.8 Å². The predicted molar refractivity (Wildman–Crippen MR) is 79.8 cm³/mol. The molecule has 0 bridgehead atoms. The third-order valence-electron chi connectivity index (χ3n) is 3.58. The van der Waals surface area contributed by atoms with Gasteiger partial charge in [0.05, 0.1) is 12.3 Å². The molecule has 1 aliphatic rings. The molecule has 0 amide bonds. The van der Waals surface area contributed by atoms with E-state index in [9.17, 15) is 13.7 Å². The monoisotopic (exact) mass is 302 g/mol. The van der Waals surface area contributed by atoms with Crippen molar-refractivity contribution in [1.82, 2.24) is 14.5 Å². The van der Waals surface area contributed by atoms with Gasteiger partial charge in [-0.05, 0) is 27.2 Å². The predicted octanol–water partition coefficient (Wildman–Crippen LogP) is 0.234. The molecule has 0 radical (unpaired) electrons. The van der Waals surface area contributed by atoms with Crippen LogP contribution in [0.4, 0.5) is 0 Å². The lowest BCUT2D eigenvalue weighted by molar-refractivity contribution is 0.175. The zero-order chi connectivity index (χ0) is 15.4. The number of nitriles is 1.